The van der Waals surface area contributed by atoms with Crippen LogP contribution in [0, 0.1) is 5.92 Å². The van der Waals surface area contributed by atoms with Gasteiger partial charge in [-0.25, -0.2) is 4.98 Å². The van der Waals surface area contributed by atoms with Crippen LogP contribution in [-0.4, -0.2) is 21.0 Å². The monoisotopic (exact) mass is 262 g/mol. The molecular weight excluding hydrogens is 248 g/mol. The fourth-order valence-electron chi connectivity index (χ4n) is 1.67. The Morgan fingerprint density at radius 3 is 3.00 bits per heavy atom. The molecule has 0 fully saturated rings. The molecule has 0 amide bonds. The van der Waals surface area contributed by atoms with Crippen molar-refractivity contribution in [3.8, 4) is 11.3 Å². The lowest BCUT2D eigenvalue weighted by Crippen LogP contribution is -2.15. The zero-order chi connectivity index (χ0) is 13.0. The molecular formula is C13H14N2O2S. The number of carboxylic acid groups (broad SMARTS) is 1. The average molecular weight is 262 g/mol. The normalized spacial score (nSPS) is 12.3. The van der Waals surface area contributed by atoms with Crippen molar-refractivity contribution >= 4 is 17.3 Å². The summed E-state index contributed by atoms with van der Waals surface area (Å²) in [7, 11) is 0. The molecule has 1 N–H and O–H groups in total. The van der Waals surface area contributed by atoms with Gasteiger partial charge in [-0.2, -0.15) is 0 Å². The van der Waals surface area contributed by atoms with Crippen LogP contribution in [0.1, 0.15) is 18.4 Å². The van der Waals surface area contributed by atoms with Crippen molar-refractivity contribution in [2.24, 2.45) is 5.92 Å². The van der Waals surface area contributed by atoms with E-state index in [1.165, 1.54) is 11.3 Å². The van der Waals surface area contributed by atoms with E-state index in [4.69, 9.17) is 5.11 Å². The molecule has 0 radical (unpaired) electrons. The van der Waals surface area contributed by atoms with E-state index in [1.54, 1.807) is 12.4 Å². The molecule has 94 valence electrons. The maximum Gasteiger partial charge on any atom is 0.306 e. The highest BCUT2D eigenvalue weighted by atomic mass is 32.1. The van der Waals surface area contributed by atoms with Gasteiger partial charge >= 0.3 is 5.97 Å². The summed E-state index contributed by atoms with van der Waals surface area (Å²) in [4.78, 5) is 19.5. The lowest BCUT2D eigenvalue weighted by molar-refractivity contribution is -0.141. The van der Waals surface area contributed by atoms with E-state index in [0.717, 1.165) is 16.3 Å². The molecule has 1 atom stereocenters. The predicted molar refractivity (Wildman–Crippen MR) is 70.5 cm³/mol. The molecule has 0 saturated carbocycles. The Labute approximate surface area is 109 Å². The summed E-state index contributed by atoms with van der Waals surface area (Å²) in [6, 6.07) is 3.81. The van der Waals surface area contributed by atoms with Gasteiger partial charge in [-0.3, -0.25) is 9.78 Å². The standard InChI is InChI=1S/C13H14N2O2S/c1-2-9(13(16)17)6-12-15-11(8-18-12)10-4-3-5-14-7-10/h3-5,7-9H,2,6H2,1H3,(H,16,17). The predicted octanol–water partition coefficient (Wildman–Crippen LogP) is 2.86. The Hall–Kier alpha value is -1.75. The van der Waals surface area contributed by atoms with Gasteiger partial charge in [0, 0.05) is 29.8 Å². The zero-order valence-electron chi connectivity index (χ0n) is 10.0. The maximum atomic E-state index is 11.0. The molecule has 0 aliphatic heterocycles. The number of rotatable bonds is 5. The summed E-state index contributed by atoms with van der Waals surface area (Å²) < 4.78 is 0. The third kappa shape index (κ3) is 2.92. The number of carbonyl (C=O) groups is 1. The fourth-order valence-corrected chi connectivity index (χ4v) is 2.55. The Bertz CT molecular complexity index is 525. The van der Waals surface area contributed by atoms with Crippen LogP contribution in [0.4, 0.5) is 0 Å². The second kappa shape index (κ2) is 5.73. The summed E-state index contributed by atoms with van der Waals surface area (Å²) in [5.41, 5.74) is 1.83. The number of nitrogens with zero attached hydrogens (tertiary/aromatic N) is 2. The van der Waals surface area contributed by atoms with E-state index in [1.807, 2.05) is 24.4 Å². The van der Waals surface area contributed by atoms with Gasteiger partial charge in [-0.05, 0) is 18.6 Å². The van der Waals surface area contributed by atoms with Crippen molar-refractivity contribution in [3.05, 3.63) is 34.9 Å². The van der Waals surface area contributed by atoms with Crippen molar-refractivity contribution in [2.45, 2.75) is 19.8 Å². The number of hydrogen-bond donors (Lipinski definition) is 1. The lowest BCUT2D eigenvalue weighted by Gasteiger charge is -2.06. The van der Waals surface area contributed by atoms with E-state index in [0.29, 0.717) is 12.8 Å². The van der Waals surface area contributed by atoms with Gasteiger partial charge in [0.2, 0.25) is 0 Å². The average Bonchev–Trinajstić information content (AvgIpc) is 2.85. The van der Waals surface area contributed by atoms with Gasteiger partial charge in [0.15, 0.2) is 0 Å². The van der Waals surface area contributed by atoms with Gasteiger partial charge in [-0.1, -0.05) is 6.92 Å². The van der Waals surface area contributed by atoms with Crippen molar-refractivity contribution in [1.29, 1.82) is 0 Å². The van der Waals surface area contributed by atoms with Crippen molar-refractivity contribution in [3.63, 3.8) is 0 Å². The second-order valence-electron chi connectivity index (χ2n) is 4.02. The second-order valence-corrected chi connectivity index (χ2v) is 4.96. The van der Waals surface area contributed by atoms with Crippen molar-refractivity contribution < 1.29 is 9.90 Å². The van der Waals surface area contributed by atoms with Crippen LogP contribution in [-0.2, 0) is 11.2 Å². The molecule has 2 aromatic heterocycles. The minimum atomic E-state index is -0.754. The van der Waals surface area contributed by atoms with Gasteiger partial charge < -0.3 is 5.11 Å². The number of hydrogen-bond acceptors (Lipinski definition) is 4. The third-order valence-corrected chi connectivity index (χ3v) is 3.64. The first-order chi connectivity index (χ1) is 8.70. The van der Waals surface area contributed by atoms with E-state index in [-0.39, 0.29) is 5.92 Å². The molecule has 0 aliphatic rings. The number of pyridine rings is 1. The Kier molecular flexibility index (Phi) is 4.04. The highest BCUT2D eigenvalue weighted by molar-refractivity contribution is 7.09. The Morgan fingerprint density at radius 2 is 2.39 bits per heavy atom. The van der Waals surface area contributed by atoms with Gasteiger partial charge in [0.05, 0.1) is 16.6 Å². The Morgan fingerprint density at radius 1 is 1.56 bits per heavy atom. The molecule has 1 unspecified atom stereocenters. The zero-order valence-corrected chi connectivity index (χ0v) is 10.9. The maximum absolute atomic E-state index is 11.0. The molecule has 0 aromatic carbocycles. The van der Waals surface area contributed by atoms with Crippen molar-refractivity contribution in [2.75, 3.05) is 0 Å². The van der Waals surface area contributed by atoms with E-state index < -0.39 is 5.97 Å². The molecule has 18 heavy (non-hydrogen) atoms. The molecule has 0 bridgehead atoms. The van der Waals surface area contributed by atoms with E-state index in [9.17, 15) is 4.79 Å². The molecule has 0 saturated heterocycles. The first-order valence-electron chi connectivity index (χ1n) is 5.78. The van der Waals surface area contributed by atoms with Gasteiger partial charge in [0.1, 0.15) is 0 Å². The molecule has 2 aromatic rings. The lowest BCUT2D eigenvalue weighted by atomic mass is 10.0. The summed E-state index contributed by atoms with van der Waals surface area (Å²) in [6.45, 7) is 1.88. The third-order valence-electron chi connectivity index (χ3n) is 2.77. The highest BCUT2D eigenvalue weighted by Gasteiger charge is 2.17. The van der Waals surface area contributed by atoms with Crippen LogP contribution in [0.25, 0.3) is 11.3 Å². The number of thiazole rings is 1. The quantitative estimate of drug-likeness (QED) is 0.900. The number of carboxylic acids is 1. The van der Waals surface area contributed by atoms with Crippen LogP contribution in [0.2, 0.25) is 0 Å². The summed E-state index contributed by atoms with van der Waals surface area (Å²) in [5, 5.41) is 11.8. The highest BCUT2D eigenvalue weighted by Crippen LogP contribution is 2.23. The minimum Gasteiger partial charge on any atom is -0.481 e. The summed E-state index contributed by atoms with van der Waals surface area (Å²) in [6.07, 6.45) is 4.59. The molecule has 0 spiro atoms. The van der Waals surface area contributed by atoms with Crippen molar-refractivity contribution in [1.82, 2.24) is 9.97 Å². The smallest absolute Gasteiger partial charge is 0.306 e. The Balaban J connectivity index is 2.14. The first-order valence-corrected chi connectivity index (χ1v) is 6.66. The molecule has 5 heteroatoms. The fraction of sp³-hybridized carbons (Fsp3) is 0.308. The van der Waals surface area contributed by atoms with Crippen LogP contribution >= 0.6 is 11.3 Å². The van der Waals surface area contributed by atoms with Crippen LogP contribution in [0.3, 0.4) is 0 Å². The van der Waals surface area contributed by atoms with E-state index >= 15 is 0 Å². The number of aliphatic carboxylic acids is 1. The molecule has 2 heterocycles. The summed E-state index contributed by atoms with van der Waals surface area (Å²) in [5.74, 6) is -1.10. The number of aromatic nitrogens is 2. The topological polar surface area (TPSA) is 63.1 Å². The van der Waals surface area contributed by atoms with Gasteiger partial charge in [-0.15, -0.1) is 11.3 Å². The first kappa shape index (κ1) is 12.7. The van der Waals surface area contributed by atoms with Crippen LogP contribution in [0.15, 0.2) is 29.9 Å². The van der Waals surface area contributed by atoms with E-state index in [2.05, 4.69) is 9.97 Å². The van der Waals surface area contributed by atoms with Crippen LogP contribution in [0.5, 0.6) is 0 Å². The largest absolute Gasteiger partial charge is 0.481 e. The van der Waals surface area contributed by atoms with Gasteiger partial charge in [0.25, 0.3) is 0 Å². The summed E-state index contributed by atoms with van der Waals surface area (Å²) >= 11 is 1.50. The minimum absolute atomic E-state index is 0.349. The molecule has 2 rings (SSSR count). The molecule has 0 aliphatic carbocycles. The van der Waals surface area contributed by atoms with Crippen LogP contribution < -0.4 is 0 Å². The SMILES string of the molecule is CCC(Cc1nc(-c2cccnc2)cs1)C(=O)O. The molecule has 4 nitrogen and oxygen atoms in total.